The Bertz CT molecular complexity index is 452. The van der Waals surface area contributed by atoms with E-state index in [4.69, 9.17) is 10.4 Å². The van der Waals surface area contributed by atoms with Gasteiger partial charge in [0.1, 0.15) is 17.3 Å². The molecule has 0 bridgehead atoms. The topological polar surface area (TPSA) is 75.7 Å². The van der Waals surface area contributed by atoms with E-state index in [1.165, 1.54) is 13.8 Å². The zero-order valence-corrected chi connectivity index (χ0v) is 11.4. The van der Waals surface area contributed by atoms with E-state index in [1.54, 1.807) is 13.8 Å². The molecule has 0 atom stereocenters. The van der Waals surface area contributed by atoms with Crippen molar-refractivity contribution in [1.82, 2.24) is 0 Å². The fraction of sp³-hybridized carbons (Fsp3) is 0.500. The fourth-order valence-electron chi connectivity index (χ4n) is 1.24. The summed E-state index contributed by atoms with van der Waals surface area (Å²) in [5.41, 5.74) is 2.04. The lowest BCUT2D eigenvalue weighted by Crippen LogP contribution is -2.53. The molecule has 0 heterocycles. The van der Waals surface area contributed by atoms with Crippen molar-refractivity contribution in [3.05, 3.63) is 23.8 Å². The maximum Gasteiger partial charge on any atom is 0.491 e. The molecule has 0 saturated carbocycles. The molecule has 0 radical (unpaired) electrons. The number of benzene rings is 1. The van der Waals surface area contributed by atoms with Gasteiger partial charge >= 0.3 is 7.12 Å². The lowest BCUT2D eigenvalue weighted by atomic mass is 9.76. The molecule has 0 amide bonds. The molecule has 0 unspecified atom stereocenters. The second kappa shape index (κ2) is 5.07. The molecule has 0 aromatic heterocycles. The van der Waals surface area contributed by atoms with Gasteiger partial charge in [-0.25, -0.2) is 8.78 Å². The summed E-state index contributed by atoms with van der Waals surface area (Å²) >= 11 is 0. The van der Waals surface area contributed by atoms with Gasteiger partial charge < -0.3 is 20.5 Å². The van der Waals surface area contributed by atoms with Gasteiger partial charge in [0, 0.05) is 0 Å². The van der Waals surface area contributed by atoms with Crippen LogP contribution in [-0.4, -0.2) is 28.5 Å². The van der Waals surface area contributed by atoms with Crippen LogP contribution < -0.4 is 11.2 Å². The number of halogens is 2. The van der Waals surface area contributed by atoms with E-state index in [2.05, 4.69) is 0 Å². The monoisotopic (exact) mass is 273 g/mol. The second-order valence-electron chi connectivity index (χ2n) is 5.44. The van der Waals surface area contributed by atoms with Crippen molar-refractivity contribution in [2.24, 2.45) is 0 Å². The second-order valence-corrected chi connectivity index (χ2v) is 5.44. The van der Waals surface area contributed by atoms with Crippen molar-refractivity contribution in [3.8, 4) is 0 Å². The van der Waals surface area contributed by atoms with Crippen LogP contribution >= 0.6 is 0 Å². The average Bonchev–Trinajstić information content (AvgIpc) is 2.22. The summed E-state index contributed by atoms with van der Waals surface area (Å²) < 4.78 is 31.8. The Morgan fingerprint density at radius 3 is 1.95 bits per heavy atom. The lowest BCUT2D eigenvalue weighted by Gasteiger charge is -2.38. The molecule has 1 rings (SSSR count). The number of rotatable bonds is 4. The number of anilines is 1. The van der Waals surface area contributed by atoms with Crippen LogP contribution in [0.2, 0.25) is 0 Å². The molecular formula is C12H18BF2NO3. The van der Waals surface area contributed by atoms with Gasteiger partial charge in [0.25, 0.3) is 0 Å². The molecule has 19 heavy (non-hydrogen) atoms. The van der Waals surface area contributed by atoms with Gasteiger partial charge in [-0.05, 0) is 45.3 Å². The van der Waals surface area contributed by atoms with Gasteiger partial charge in [-0.15, -0.1) is 0 Å². The van der Waals surface area contributed by atoms with Crippen molar-refractivity contribution < 1.29 is 23.6 Å². The summed E-state index contributed by atoms with van der Waals surface area (Å²) in [7, 11) is -1.58. The first-order valence-corrected chi connectivity index (χ1v) is 5.78. The number of aliphatic hydroxyl groups is 1. The van der Waals surface area contributed by atoms with Crippen LogP contribution in [0.3, 0.4) is 0 Å². The Labute approximate surface area is 111 Å². The molecule has 4 nitrogen and oxygen atoms in total. The van der Waals surface area contributed by atoms with E-state index in [1.807, 2.05) is 0 Å². The van der Waals surface area contributed by atoms with Crippen molar-refractivity contribution in [2.75, 3.05) is 5.73 Å². The summed E-state index contributed by atoms with van der Waals surface area (Å²) in [5, 5.41) is 19.7. The van der Waals surface area contributed by atoms with Crippen molar-refractivity contribution >= 4 is 18.3 Å². The third-order valence-electron chi connectivity index (χ3n) is 3.27. The minimum absolute atomic E-state index is 0.110. The van der Waals surface area contributed by atoms with E-state index in [9.17, 15) is 18.9 Å². The molecule has 0 spiro atoms. The van der Waals surface area contributed by atoms with E-state index in [0.29, 0.717) is 0 Å². The van der Waals surface area contributed by atoms with Crippen LogP contribution in [0.5, 0.6) is 0 Å². The largest absolute Gasteiger partial charge is 0.491 e. The van der Waals surface area contributed by atoms with Crippen LogP contribution in [-0.2, 0) is 4.65 Å². The number of hydrogen-bond acceptors (Lipinski definition) is 4. The van der Waals surface area contributed by atoms with Gasteiger partial charge in [-0.1, -0.05) is 0 Å². The quantitative estimate of drug-likeness (QED) is 0.560. The Hall–Kier alpha value is -1.18. The zero-order valence-electron chi connectivity index (χ0n) is 11.4. The molecule has 1 aromatic rings. The van der Waals surface area contributed by atoms with E-state index in [-0.39, 0.29) is 5.46 Å². The highest BCUT2D eigenvalue weighted by atomic mass is 19.1. The molecule has 7 heteroatoms. The van der Waals surface area contributed by atoms with Crippen molar-refractivity contribution in [2.45, 2.75) is 38.9 Å². The maximum atomic E-state index is 13.3. The standard InChI is InChI=1S/C12H18BF2NO3/c1-11(2,17)12(3,4)19-13(18)7-5-8(14)10(16)9(15)6-7/h5-6,17-18H,16H2,1-4H3. The molecule has 0 aliphatic rings. The smallest absolute Gasteiger partial charge is 0.423 e. The predicted molar refractivity (Wildman–Crippen MR) is 69.8 cm³/mol. The Kier molecular flexibility index (Phi) is 4.24. The normalized spacial score (nSPS) is 12.6. The molecule has 106 valence electrons. The first-order chi connectivity index (χ1) is 8.45. The SMILES string of the molecule is CC(C)(O)C(C)(C)OB(O)c1cc(F)c(N)c(F)c1. The number of hydrogen-bond donors (Lipinski definition) is 3. The van der Waals surface area contributed by atoms with Crippen LogP contribution in [0, 0.1) is 11.6 Å². The van der Waals surface area contributed by atoms with Crippen LogP contribution in [0.15, 0.2) is 12.1 Å². The highest BCUT2D eigenvalue weighted by Crippen LogP contribution is 2.25. The summed E-state index contributed by atoms with van der Waals surface area (Å²) in [5.74, 6) is -1.95. The van der Waals surface area contributed by atoms with E-state index >= 15 is 0 Å². The van der Waals surface area contributed by atoms with E-state index < -0.39 is 35.6 Å². The maximum absolute atomic E-state index is 13.3. The van der Waals surface area contributed by atoms with Crippen LogP contribution in [0.1, 0.15) is 27.7 Å². The lowest BCUT2D eigenvalue weighted by molar-refractivity contribution is -0.0982. The van der Waals surface area contributed by atoms with Gasteiger partial charge in [0.2, 0.25) is 0 Å². The summed E-state index contributed by atoms with van der Waals surface area (Å²) in [6, 6.07) is 1.78. The van der Waals surface area contributed by atoms with Gasteiger partial charge in [0.15, 0.2) is 0 Å². The first kappa shape index (κ1) is 15.9. The average molecular weight is 273 g/mol. The highest BCUT2D eigenvalue weighted by Gasteiger charge is 2.39. The Morgan fingerprint density at radius 1 is 1.16 bits per heavy atom. The summed E-state index contributed by atoms with van der Waals surface area (Å²) in [6.07, 6.45) is 0. The van der Waals surface area contributed by atoms with Gasteiger partial charge in [-0.3, -0.25) is 0 Å². The minimum Gasteiger partial charge on any atom is -0.423 e. The molecule has 0 fully saturated rings. The Morgan fingerprint density at radius 2 is 1.58 bits per heavy atom. The third kappa shape index (κ3) is 3.43. The van der Waals surface area contributed by atoms with Crippen LogP contribution in [0.25, 0.3) is 0 Å². The molecule has 0 saturated heterocycles. The van der Waals surface area contributed by atoms with E-state index in [0.717, 1.165) is 12.1 Å². The molecular weight excluding hydrogens is 255 g/mol. The number of nitrogens with two attached hydrogens (primary N) is 1. The summed E-state index contributed by atoms with van der Waals surface area (Å²) in [4.78, 5) is 0. The zero-order chi connectivity index (χ0) is 15.0. The number of nitrogen functional groups attached to an aromatic ring is 1. The van der Waals surface area contributed by atoms with Gasteiger partial charge in [-0.2, -0.15) is 0 Å². The highest BCUT2D eigenvalue weighted by molar-refractivity contribution is 6.60. The van der Waals surface area contributed by atoms with Crippen LogP contribution in [0.4, 0.5) is 14.5 Å². The molecule has 4 N–H and O–H groups in total. The molecule has 1 aromatic carbocycles. The fourth-order valence-corrected chi connectivity index (χ4v) is 1.24. The van der Waals surface area contributed by atoms with Crippen molar-refractivity contribution in [3.63, 3.8) is 0 Å². The predicted octanol–water partition coefficient (Wildman–Crippen LogP) is 0.801. The molecule has 0 aliphatic carbocycles. The van der Waals surface area contributed by atoms with Crippen molar-refractivity contribution in [1.29, 1.82) is 0 Å². The third-order valence-corrected chi connectivity index (χ3v) is 3.27. The van der Waals surface area contributed by atoms with Gasteiger partial charge in [0.05, 0.1) is 11.2 Å². The molecule has 0 aliphatic heterocycles. The minimum atomic E-state index is -1.58. The first-order valence-electron chi connectivity index (χ1n) is 5.78. The Balaban J connectivity index is 3.00. The summed E-state index contributed by atoms with van der Waals surface area (Å²) in [6.45, 7) is 6.12.